The summed E-state index contributed by atoms with van der Waals surface area (Å²) in [4.78, 5) is 23.3. The van der Waals surface area contributed by atoms with Crippen molar-refractivity contribution in [3.05, 3.63) is 33.8 Å². The van der Waals surface area contributed by atoms with Gasteiger partial charge in [-0.1, -0.05) is 35.3 Å². The van der Waals surface area contributed by atoms with E-state index in [1.54, 1.807) is 25.2 Å². The van der Waals surface area contributed by atoms with Gasteiger partial charge in [-0.25, -0.2) is 4.79 Å². The summed E-state index contributed by atoms with van der Waals surface area (Å²) in [5, 5.41) is 9.20. The van der Waals surface area contributed by atoms with Crippen molar-refractivity contribution in [3.63, 3.8) is 0 Å². The summed E-state index contributed by atoms with van der Waals surface area (Å²) in [7, 11) is 1.57. The van der Waals surface area contributed by atoms with Gasteiger partial charge in [0, 0.05) is 13.6 Å². The van der Waals surface area contributed by atoms with E-state index in [0.717, 1.165) is 0 Å². The lowest BCUT2D eigenvalue weighted by molar-refractivity contribution is -0.145. The number of carboxylic acid groups (broad SMARTS) is 1. The number of halogens is 2. The fourth-order valence-corrected chi connectivity index (χ4v) is 1.73. The number of amides is 1. The zero-order valence-corrected chi connectivity index (χ0v) is 11.7. The Kier molecular flexibility index (Phi) is 6.08. The number of likely N-dealkylation sites (N-methyl/N-ethyl adjacent to an activating group) is 1. The number of hydrogen-bond donors (Lipinski definition) is 1. The maximum Gasteiger partial charge on any atom is 0.329 e. The molecule has 0 heterocycles. The maximum atomic E-state index is 11.7. The summed E-state index contributed by atoms with van der Waals surface area (Å²) < 4.78 is 4.72. The minimum atomic E-state index is -1.12. The van der Waals surface area contributed by atoms with Crippen molar-refractivity contribution in [1.82, 2.24) is 4.90 Å². The van der Waals surface area contributed by atoms with Crippen LogP contribution in [0.4, 0.5) is 0 Å². The van der Waals surface area contributed by atoms with Gasteiger partial charge in [-0.15, -0.1) is 0 Å². The Morgan fingerprint density at radius 3 is 2.63 bits per heavy atom. The maximum absolute atomic E-state index is 11.7. The van der Waals surface area contributed by atoms with Gasteiger partial charge in [-0.3, -0.25) is 4.79 Å². The average molecular weight is 306 g/mol. The quantitative estimate of drug-likeness (QED) is 0.873. The molecule has 0 atom stereocenters. The molecule has 0 aliphatic heterocycles. The molecule has 0 saturated carbocycles. The standard InChI is InChI=1S/C12H13Cl2NO4/c1-15(10(16)6-19-7-11(17)18)5-8-3-2-4-9(13)12(8)14/h2-4H,5-7H2,1H3,(H,17,18). The van der Waals surface area contributed by atoms with Crippen LogP contribution in [0.5, 0.6) is 0 Å². The molecular formula is C12H13Cl2NO4. The predicted octanol–water partition coefficient (Wildman–Crippen LogP) is 2.05. The van der Waals surface area contributed by atoms with Crippen molar-refractivity contribution < 1.29 is 19.4 Å². The van der Waals surface area contributed by atoms with Crippen LogP contribution in [0.3, 0.4) is 0 Å². The van der Waals surface area contributed by atoms with Crippen molar-refractivity contribution >= 4 is 35.1 Å². The summed E-state index contributed by atoms with van der Waals surface area (Å²) in [6.07, 6.45) is 0. The van der Waals surface area contributed by atoms with E-state index in [2.05, 4.69) is 0 Å². The summed E-state index contributed by atoms with van der Waals surface area (Å²) in [6.45, 7) is -0.521. The molecule has 0 aliphatic rings. The van der Waals surface area contributed by atoms with Gasteiger partial charge in [-0.05, 0) is 11.6 Å². The van der Waals surface area contributed by atoms with Gasteiger partial charge in [0.2, 0.25) is 5.91 Å². The molecule has 7 heteroatoms. The number of ether oxygens (including phenoxy) is 1. The number of benzene rings is 1. The number of nitrogens with zero attached hydrogens (tertiary/aromatic N) is 1. The molecule has 0 saturated heterocycles. The Balaban J connectivity index is 2.54. The van der Waals surface area contributed by atoms with E-state index in [0.29, 0.717) is 15.6 Å². The predicted molar refractivity (Wildman–Crippen MR) is 71.4 cm³/mol. The van der Waals surface area contributed by atoms with E-state index in [4.69, 9.17) is 33.0 Å². The molecule has 0 radical (unpaired) electrons. The Hall–Kier alpha value is -1.30. The number of carboxylic acids is 1. The third kappa shape index (κ3) is 5.06. The molecule has 0 fully saturated rings. The van der Waals surface area contributed by atoms with Crippen molar-refractivity contribution in [3.8, 4) is 0 Å². The molecule has 0 aliphatic carbocycles. The van der Waals surface area contributed by atoms with Crippen LogP contribution in [-0.2, 0) is 20.9 Å². The van der Waals surface area contributed by atoms with E-state index >= 15 is 0 Å². The lowest BCUT2D eigenvalue weighted by atomic mass is 10.2. The monoisotopic (exact) mass is 305 g/mol. The largest absolute Gasteiger partial charge is 0.480 e. The summed E-state index contributed by atoms with van der Waals surface area (Å²) in [5.74, 6) is -1.45. The first-order chi connectivity index (χ1) is 8.91. The molecular weight excluding hydrogens is 293 g/mol. The third-order valence-electron chi connectivity index (χ3n) is 2.32. The Morgan fingerprint density at radius 1 is 1.32 bits per heavy atom. The molecule has 104 valence electrons. The summed E-state index contributed by atoms with van der Waals surface area (Å²) in [5.41, 5.74) is 0.711. The van der Waals surface area contributed by atoms with Crippen molar-refractivity contribution in [2.45, 2.75) is 6.54 Å². The molecule has 0 bridgehead atoms. The van der Waals surface area contributed by atoms with E-state index in [1.807, 2.05) is 0 Å². The zero-order valence-electron chi connectivity index (χ0n) is 10.2. The van der Waals surface area contributed by atoms with Gasteiger partial charge < -0.3 is 14.7 Å². The second-order valence-corrected chi connectivity index (χ2v) is 4.63. The number of hydrogen-bond acceptors (Lipinski definition) is 3. The fraction of sp³-hybridized carbons (Fsp3) is 0.333. The highest BCUT2D eigenvalue weighted by Crippen LogP contribution is 2.26. The highest BCUT2D eigenvalue weighted by molar-refractivity contribution is 6.42. The van der Waals surface area contributed by atoms with E-state index in [9.17, 15) is 9.59 Å². The molecule has 1 aromatic rings. The zero-order chi connectivity index (χ0) is 14.4. The van der Waals surface area contributed by atoms with Crippen LogP contribution in [0.15, 0.2) is 18.2 Å². The van der Waals surface area contributed by atoms with Gasteiger partial charge >= 0.3 is 5.97 Å². The molecule has 1 aromatic carbocycles. The first kappa shape index (κ1) is 15.8. The lowest BCUT2D eigenvalue weighted by Crippen LogP contribution is -2.30. The van der Waals surface area contributed by atoms with Crippen molar-refractivity contribution in [2.75, 3.05) is 20.3 Å². The number of aliphatic carboxylic acids is 1. The normalized spacial score (nSPS) is 10.3. The molecule has 19 heavy (non-hydrogen) atoms. The smallest absolute Gasteiger partial charge is 0.329 e. The van der Waals surface area contributed by atoms with Gasteiger partial charge in [-0.2, -0.15) is 0 Å². The highest BCUT2D eigenvalue weighted by atomic mass is 35.5. The van der Waals surface area contributed by atoms with Gasteiger partial charge in [0.05, 0.1) is 10.0 Å². The van der Waals surface area contributed by atoms with Crippen LogP contribution in [0.2, 0.25) is 10.0 Å². The van der Waals surface area contributed by atoms with E-state index in [-0.39, 0.29) is 19.1 Å². The van der Waals surface area contributed by atoms with Crippen molar-refractivity contribution in [1.29, 1.82) is 0 Å². The topological polar surface area (TPSA) is 66.8 Å². The number of carbonyl (C=O) groups excluding carboxylic acids is 1. The van der Waals surface area contributed by atoms with Gasteiger partial charge in [0.1, 0.15) is 13.2 Å². The molecule has 0 spiro atoms. The average Bonchev–Trinajstić information content (AvgIpc) is 2.34. The lowest BCUT2D eigenvalue weighted by Gasteiger charge is -2.18. The molecule has 0 aromatic heterocycles. The molecule has 1 N–H and O–H groups in total. The second kappa shape index (κ2) is 7.33. The first-order valence-electron chi connectivity index (χ1n) is 5.38. The SMILES string of the molecule is CN(Cc1cccc(Cl)c1Cl)C(=O)COCC(=O)O. The molecule has 0 unspecified atom stereocenters. The van der Waals surface area contributed by atoms with E-state index < -0.39 is 12.6 Å². The van der Waals surface area contributed by atoms with Crippen LogP contribution in [-0.4, -0.2) is 42.1 Å². The Bertz CT molecular complexity index is 479. The first-order valence-corrected chi connectivity index (χ1v) is 6.13. The van der Waals surface area contributed by atoms with Crippen LogP contribution in [0.1, 0.15) is 5.56 Å². The van der Waals surface area contributed by atoms with Crippen LogP contribution in [0.25, 0.3) is 0 Å². The van der Waals surface area contributed by atoms with Crippen molar-refractivity contribution in [2.24, 2.45) is 0 Å². The number of carbonyl (C=O) groups is 2. The fourth-order valence-electron chi connectivity index (χ4n) is 1.35. The van der Waals surface area contributed by atoms with Gasteiger partial charge in [0.25, 0.3) is 0 Å². The Labute approximate surface area is 120 Å². The highest BCUT2D eigenvalue weighted by Gasteiger charge is 2.13. The van der Waals surface area contributed by atoms with Crippen LogP contribution < -0.4 is 0 Å². The second-order valence-electron chi connectivity index (χ2n) is 3.85. The van der Waals surface area contributed by atoms with Gasteiger partial charge in [0.15, 0.2) is 0 Å². The van der Waals surface area contributed by atoms with Crippen LogP contribution in [0, 0.1) is 0 Å². The molecule has 1 amide bonds. The van der Waals surface area contributed by atoms with E-state index in [1.165, 1.54) is 4.90 Å². The summed E-state index contributed by atoms with van der Waals surface area (Å²) >= 11 is 11.9. The van der Waals surface area contributed by atoms with Crippen LogP contribution >= 0.6 is 23.2 Å². The summed E-state index contributed by atoms with van der Waals surface area (Å²) in [6, 6.07) is 5.16. The number of rotatable bonds is 6. The minimum Gasteiger partial charge on any atom is -0.480 e. The molecule has 1 rings (SSSR count). The third-order valence-corrected chi connectivity index (χ3v) is 3.17. The minimum absolute atomic E-state index is 0.272. The Morgan fingerprint density at radius 2 is 2.00 bits per heavy atom. The molecule has 5 nitrogen and oxygen atoms in total.